The smallest absolute Gasteiger partial charge is 0.252 e. The van der Waals surface area contributed by atoms with Gasteiger partial charge >= 0.3 is 0 Å². The van der Waals surface area contributed by atoms with Gasteiger partial charge < -0.3 is 15.4 Å². The Balaban J connectivity index is 1.69. The Kier molecular flexibility index (Phi) is 7.87. The monoisotopic (exact) mass is 564 g/mol. The number of benzene rings is 2. The number of halogens is 3. The first kappa shape index (κ1) is 23.9. The fourth-order valence-electron chi connectivity index (χ4n) is 3.48. The largest absolute Gasteiger partial charge is 0.493 e. The van der Waals surface area contributed by atoms with Gasteiger partial charge in [0.05, 0.1) is 23.7 Å². The molecule has 31 heavy (non-hydrogen) atoms. The first-order valence-corrected chi connectivity index (χ1v) is 12.7. The first-order chi connectivity index (χ1) is 14.6. The van der Waals surface area contributed by atoms with E-state index in [1.165, 1.54) is 12.1 Å². The minimum absolute atomic E-state index is 0.00258. The predicted octanol–water partition coefficient (Wildman–Crippen LogP) is 2.76. The number of primary amides is 1. The first-order valence-electron chi connectivity index (χ1n) is 9.76. The number of ether oxygens (including phenoxy) is 1. The summed E-state index contributed by atoms with van der Waals surface area (Å²) < 4.78 is 57.8. The van der Waals surface area contributed by atoms with Gasteiger partial charge in [-0.2, -0.15) is 0 Å². The minimum Gasteiger partial charge on any atom is -0.493 e. The van der Waals surface area contributed by atoms with Crippen molar-refractivity contribution >= 4 is 38.3 Å². The third kappa shape index (κ3) is 6.59. The number of hydrogen-bond donors (Lipinski definition) is 1. The van der Waals surface area contributed by atoms with Gasteiger partial charge in [-0.1, -0.05) is 6.07 Å². The van der Waals surface area contributed by atoms with Crippen molar-refractivity contribution in [2.45, 2.75) is 12.8 Å². The van der Waals surface area contributed by atoms with Gasteiger partial charge in [-0.15, -0.1) is 0 Å². The molecular weight excluding hydrogens is 541 g/mol. The lowest BCUT2D eigenvalue weighted by molar-refractivity contribution is 0.0995. The summed E-state index contributed by atoms with van der Waals surface area (Å²) in [6, 6.07) is 6.94. The Bertz CT molecular complexity index is 1070. The maximum Gasteiger partial charge on any atom is 0.252 e. The second-order valence-electron chi connectivity index (χ2n) is 7.41. The van der Waals surface area contributed by atoms with Crippen LogP contribution in [0.2, 0.25) is 0 Å². The molecule has 3 rings (SSSR count). The van der Waals surface area contributed by atoms with Gasteiger partial charge in [-0.25, -0.2) is 17.2 Å². The average molecular weight is 564 g/mol. The van der Waals surface area contributed by atoms with Crippen LogP contribution < -0.4 is 10.5 Å². The van der Waals surface area contributed by atoms with Gasteiger partial charge in [0.15, 0.2) is 9.84 Å². The third-order valence-electron chi connectivity index (χ3n) is 5.10. The number of sulfone groups is 1. The zero-order valence-electron chi connectivity index (χ0n) is 16.7. The zero-order valence-corrected chi connectivity index (χ0v) is 19.7. The van der Waals surface area contributed by atoms with E-state index in [9.17, 15) is 22.0 Å². The Labute approximate surface area is 193 Å². The SMILES string of the molecule is NC(=O)c1c(Cc2ccc(I)cc2F)cc(F)cc1OCCCN1CCS(=O)(=O)CC1. The van der Waals surface area contributed by atoms with Gasteiger partial charge in [-0.3, -0.25) is 4.79 Å². The summed E-state index contributed by atoms with van der Waals surface area (Å²) in [4.78, 5) is 14.1. The maximum absolute atomic E-state index is 14.3. The standard InChI is InChI=1S/C21H23F2IN2O4S/c22-16-11-15(10-14-2-3-17(24)13-18(14)23)20(21(25)27)19(12-16)30-7-1-4-26-5-8-31(28,29)9-6-26/h2-3,11-13H,1,4-10H2,(H2,25,27). The summed E-state index contributed by atoms with van der Waals surface area (Å²) in [5.74, 6) is -1.53. The molecule has 0 aromatic heterocycles. The van der Waals surface area contributed by atoms with Gasteiger partial charge in [0.1, 0.15) is 17.4 Å². The highest BCUT2D eigenvalue weighted by Crippen LogP contribution is 2.27. The molecule has 1 heterocycles. The lowest BCUT2D eigenvalue weighted by Gasteiger charge is -2.26. The predicted molar refractivity (Wildman–Crippen MR) is 122 cm³/mol. The van der Waals surface area contributed by atoms with E-state index >= 15 is 0 Å². The van der Waals surface area contributed by atoms with Gasteiger partial charge in [0, 0.05) is 35.7 Å². The van der Waals surface area contributed by atoms with Crippen LogP contribution >= 0.6 is 22.6 Å². The summed E-state index contributed by atoms with van der Waals surface area (Å²) in [5, 5.41) is 0. The van der Waals surface area contributed by atoms with Crippen molar-refractivity contribution in [3.05, 3.63) is 62.2 Å². The quantitative estimate of drug-likeness (QED) is 0.394. The number of carbonyl (C=O) groups excluding carboxylic acids is 1. The van der Waals surface area contributed by atoms with Crippen molar-refractivity contribution in [1.82, 2.24) is 4.90 Å². The Morgan fingerprint density at radius 1 is 1.13 bits per heavy atom. The fourth-order valence-corrected chi connectivity index (χ4v) is 5.21. The summed E-state index contributed by atoms with van der Waals surface area (Å²) >= 11 is 1.99. The Morgan fingerprint density at radius 3 is 2.48 bits per heavy atom. The number of rotatable bonds is 8. The highest BCUT2D eigenvalue weighted by Gasteiger charge is 2.22. The average Bonchev–Trinajstić information content (AvgIpc) is 2.68. The molecule has 0 unspecified atom stereocenters. The lowest BCUT2D eigenvalue weighted by Crippen LogP contribution is -2.40. The number of carbonyl (C=O) groups is 1. The van der Waals surface area contributed by atoms with Crippen molar-refractivity contribution in [2.24, 2.45) is 5.73 Å². The van der Waals surface area contributed by atoms with Crippen LogP contribution in [-0.2, 0) is 16.3 Å². The molecule has 1 fully saturated rings. The molecule has 0 saturated carbocycles. The van der Waals surface area contributed by atoms with E-state index in [-0.39, 0.29) is 41.4 Å². The van der Waals surface area contributed by atoms with E-state index in [0.29, 0.717) is 31.6 Å². The van der Waals surface area contributed by atoms with E-state index in [1.807, 2.05) is 27.5 Å². The molecule has 0 aliphatic carbocycles. The van der Waals surface area contributed by atoms with Crippen LogP contribution in [0.3, 0.4) is 0 Å². The second-order valence-corrected chi connectivity index (χ2v) is 11.0. The lowest BCUT2D eigenvalue weighted by atomic mass is 9.98. The summed E-state index contributed by atoms with van der Waals surface area (Å²) in [6.45, 7) is 1.77. The van der Waals surface area contributed by atoms with Crippen LogP contribution in [0, 0.1) is 15.2 Å². The van der Waals surface area contributed by atoms with E-state index in [1.54, 1.807) is 12.1 Å². The molecule has 1 saturated heterocycles. The van der Waals surface area contributed by atoms with Gasteiger partial charge in [0.25, 0.3) is 5.91 Å². The molecule has 1 amide bonds. The molecule has 0 atom stereocenters. The third-order valence-corrected chi connectivity index (χ3v) is 7.38. The Hall–Kier alpha value is -1.79. The molecule has 2 N–H and O–H groups in total. The molecule has 1 aliphatic rings. The van der Waals surface area contributed by atoms with Crippen LogP contribution in [0.15, 0.2) is 30.3 Å². The van der Waals surface area contributed by atoms with E-state index < -0.39 is 27.4 Å². The summed E-state index contributed by atoms with van der Waals surface area (Å²) in [5.41, 5.74) is 6.13. The summed E-state index contributed by atoms with van der Waals surface area (Å²) in [6.07, 6.45) is 0.563. The second kappa shape index (κ2) is 10.2. The van der Waals surface area contributed by atoms with E-state index in [0.717, 1.165) is 9.64 Å². The van der Waals surface area contributed by atoms with Crippen molar-refractivity contribution in [2.75, 3.05) is 37.7 Å². The minimum atomic E-state index is -2.94. The summed E-state index contributed by atoms with van der Waals surface area (Å²) in [7, 11) is -2.94. The van der Waals surface area contributed by atoms with Crippen molar-refractivity contribution in [1.29, 1.82) is 0 Å². The molecule has 0 bridgehead atoms. The van der Waals surface area contributed by atoms with Gasteiger partial charge in [0.2, 0.25) is 0 Å². The Morgan fingerprint density at radius 2 is 1.84 bits per heavy atom. The molecule has 6 nitrogen and oxygen atoms in total. The van der Waals surface area contributed by atoms with Crippen molar-refractivity contribution in [3.63, 3.8) is 0 Å². The molecule has 0 spiro atoms. The van der Waals surface area contributed by atoms with Crippen LogP contribution in [0.25, 0.3) is 0 Å². The molecule has 0 radical (unpaired) electrons. The zero-order chi connectivity index (χ0) is 22.6. The fraction of sp³-hybridized carbons (Fsp3) is 0.381. The molecular formula is C21H23F2IN2O4S. The topological polar surface area (TPSA) is 89.7 Å². The van der Waals surface area contributed by atoms with Gasteiger partial charge in [-0.05, 0) is 58.3 Å². The molecule has 1 aliphatic heterocycles. The van der Waals surface area contributed by atoms with Crippen LogP contribution in [0.4, 0.5) is 8.78 Å². The number of nitrogens with zero attached hydrogens (tertiary/aromatic N) is 1. The van der Waals surface area contributed by atoms with Crippen LogP contribution in [-0.4, -0.2) is 57.0 Å². The molecule has 168 valence electrons. The molecule has 2 aromatic rings. The van der Waals surface area contributed by atoms with E-state index in [4.69, 9.17) is 10.5 Å². The van der Waals surface area contributed by atoms with Crippen LogP contribution in [0.1, 0.15) is 27.9 Å². The van der Waals surface area contributed by atoms with Crippen molar-refractivity contribution < 1.29 is 26.7 Å². The maximum atomic E-state index is 14.3. The normalized spacial score (nSPS) is 16.2. The number of hydrogen-bond acceptors (Lipinski definition) is 5. The number of amides is 1. The molecule has 2 aromatic carbocycles. The molecule has 10 heteroatoms. The van der Waals surface area contributed by atoms with Crippen LogP contribution in [0.5, 0.6) is 5.75 Å². The van der Waals surface area contributed by atoms with Crippen molar-refractivity contribution in [3.8, 4) is 5.75 Å². The number of nitrogens with two attached hydrogens (primary N) is 1. The highest BCUT2D eigenvalue weighted by atomic mass is 127. The van der Waals surface area contributed by atoms with E-state index in [2.05, 4.69) is 0 Å². The highest BCUT2D eigenvalue weighted by molar-refractivity contribution is 14.1.